The quantitative estimate of drug-likeness (QED) is 0.175. The number of nitrogens with zero attached hydrogens (tertiary/aromatic N) is 4. The smallest absolute Gasteiger partial charge is 0.166 e. The highest BCUT2D eigenvalue weighted by molar-refractivity contribution is 7.26. The molecule has 11 aromatic rings. The molecule has 0 atom stereocenters. The minimum atomic E-state index is -0.0980. The normalized spacial score (nSPS) is 13.1. The van der Waals surface area contributed by atoms with Gasteiger partial charge in [0, 0.05) is 47.5 Å². The van der Waals surface area contributed by atoms with Gasteiger partial charge in [0.15, 0.2) is 17.5 Å². The Morgan fingerprint density at radius 3 is 1.81 bits per heavy atom. The van der Waals surface area contributed by atoms with Gasteiger partial charge in [0.2, 0.25) is 0 Å². The van der Waals surface area contributed by atoms with Crippen LogP contribution in [0.5, 0.6) is 0 Å². The fraction of sp³-hybridized carbons (Fsp3) is 0.0556. The molecule has 0 unspecified atom stereocenters. The maximum absolute atomic E-state index is 5.36. The zero-order valence-corrected chi connectivity index (χ0v) is 33.3. The summed E-state index contributed by atoms with van der Waals surface area (Å²) in [4.78, 5) is 15.8. The van der Waals surface area contributed by atoms with Gasteiger partial charge in [-0.3, -0.25) is 0 Å². The monoisotopic (exact) mass is 772 g/mol. The number of thiophene rings is 1. The van der Waals surface area contributed by atoms with E-state index in [2.05, 4.69) is 164 Å². The highest BCUT2D eigenvalue weighted by Gasteiger charge is 2.35. The third-order valence-corrected chi connectivity index (χ3v) is 13.4. The van der Waals surface area contributed by atoms with Gasteiger partial charge in [0.05, 0.1) is 22.3 Å². The number of para-hydroxylation sites is 1. The van der Waals surface area contributed by atoms with Crippen molar-refractivity contribution in [2.45, 2.75) is 19.3 Å². The summed E-state index contributed by atoms with van der Waals surface area (Å²) in [6.07, 6.45) is 0. The van der Waals surface area contributed by atoms with Crippen LogP contribution in [-0.2, 0) is 5.41 Å². The molecule has 278 valence electrons. The van der Waals surface area contributed by atoms with Crippen LogP contribution in [-0.4, -0.2) is 19.5 Å². The average molecular weight is 773 g/mol. The molecule has 59 heavy (non-hydrogen) atoms. The fourth-order valence-corrected chi connectivity index (χ4v) is 10.6. The van der Waals surface area contributed by atoms with E-state index in [1.807, 2.05) is 47.7 Å². The SMILES string of the molecule is CC1(C)c2ccccc2-c2ccc(-c3cccc4c3c3ccccc3n4-c3ccc4sc5ccccc5c4c3-c3nc(-c4ccccc4)nc(-c4ccccc4)n3)cc21. The highest BCUT2D eigenvalue weighted by atomic mass is 32.1. The Morgan fingerprint density at radius 2 is 1.03 bits per heavy atom. The zero-order chi connectivity index (χ0) is 39.2. The largest absolute Gasteiger partial charge is 0.308 e. The molecule has 3 aromatic heterocycles. The first-order valence-electron chi connectivity index (χ1n) is 20.1. The van der Waals surface area contributed by atoms with Gasteiger partial charge in [-0.1, -0.05) is 159 Å². The van der Waals surface area contributed by atoms with E-state index in [1.165, 1.54) is 58.9 Å². The van der Waals surface area contributed by atoms with Crippen LogP contribution in [0.15, 0.2) is 182 Å². The van der Waals surface area contributed by atoms with E-state index in [9.17, 15) is 0 Å². The summed E-state index contributed by atoms with van der Waals surface area (Å²) in [5.74, 6) is 1.93. The predicted octanol–water partition coefficient (Wildman–Crippen LogP) is 14.3. The first-order valence-corrected chi connectivity index (χ1v) is 20.9. The molecule has 0 aliphatic heterocycles. The van der Waals surface area contributed by atoms with Crippen molar-refractivity contribution in [1.29, 1.82) is 0 Å². The number of rotatable bonds is 5. The van der Waals surface area contributed by atoms with E-state index in [4.69, 9.17) is 15.0 Å². The molecule has 0 bridgehead atoms. The van der Waals surface area contributed by atoms with Gasteiger partial charge < -0.3 is 4.57 Å². The van der Waals surface area contributed by atoms with Crippen molar-refractivity contribution in [3.8, 4) is 62.1 Å². The standard InChI is InChI=1S/C54H36N4S/c1-54(2)41-24-12-9-20-37(41)38-29-28-35(32-42(38)54)36-23-15-26-44-48(36)39-21-10-13-25-43(39)58(44)45-30-31-47-49(40-22-11-14-27-46(40)59-47)50(45)53-56-51(33-16-5-3-6-17-33)55-52(57-53)34-18-7-4-8-19-34/h3-32H,1-2H3. The average Bonchev–Trinajstić information content (AvgIpc) is 3.92. The molecule has 1 aliphatic carbocycles. The van der Waals surface area contributed by atoms with E-state index in [0.717, 1.165) is 38.8 Å². The van der Waals surface area contributed by atoms with E-state index < -0.39 is 0 Å². The van der Waals surface area contributed by atoms with Crippen LogP contribution < -0.4 is 0 Å². The Kier molecular flexibility index (Phi) is 7.41. The minimum Gasteiger partial charge on any atom is -0.308 e. The summed E-state index contributed by atoms with van der Waals surface area (Å²) in [6, 6.07) is 65.3. The van der Waals surface area contributed by atoms with Crippen LogP contribution >= 0.6 is 11.3 Å². The van der Waals surface area contributed by atoms with Crippen LogP contribution in [0, 0.1) is 0 Å². The number of hydrogen-bond donors (Lipinski definition) is 0. The van der Waals surface area contributed by atoms with Gasteiger partial charge in [0.1, 0.15) is 0 Å². The first-order chi connectivity index (χ1) is 29.0. The highest BCUT2D eigenvalue weighted by Crippen LogP contribution is 2.51. The molecule has 0 N–H and O–H groups in total. The molecule has 0 spiro atoms. The summed E-state index contributed by atoms with van der Waals surface area (Å²) in [6.45, 7) is 4.71. The molecular weight excluding hydrogens is 737 g/mol. The molecule has 8 aromatic carbocycles. The predicted molar refractivity (Wildman–Crippen MR) is 246 cm³/mol. The number of benzene rings is 8. The molecule has 5 heteroatoms. The topological polar surface area (TPSA) is 43.6 Å². The maximum Gasteiger partial charge on any atom is 0.166 e. The molecule has 4 nitrogen and oxygen atoms in total. The number of fused-ring (bicyclic) bond motifs is 9. The van der Waals surface area contributed by atoms with Gasteiger partial charge in [-0.2, -0.15) is 0 Å². The van der Waals surface area contributed by atoms with E-state index >= 15 is 0 Å². The third-order valence-electron chi connectivity index (χ3n) is 12.3. The second-order valence-corrected chi connectivity index (χ2v) is 17.0. The minimum absolute atomic E-state index is 0.0980. The molecule has 0 saturated carbocycles. The Hall–Kier alpha value is -7.21. The van der Waals surface area contributed by atoms with Crippen LogP contribution in [0.1, 0.15) is 25.0 Å². The van der Waals surface area contributed by atoms with Crippen molar-refractivity contribution in [2.75, 3.05) is 0 Å². The first kappa shape index (κ1) is 33.9. The second kappa shape index (κ2) is 12.9. The van der Waals surface area contributed by atoms with Gasteiger partial charge in [-0.15, -0.1) is 11.3 Å². The molecule has 0 fully saturated rings. The van der Waals surface area contributed by atoms with Crippen molar-refractivity contribution in [3.63, 3.8) is 0 Å². The van der Waals surface area contributed by atoms with Crippen LogP contribution in [0.4, 0.5) is 0 Å². The lowest BCUT2D eigenvalue weighted by Gasteiger charge is -2.22. The lowest BCUT2D eigenvalue weighted by atomic mass is 9.81. The third kappa shape index (κ3) is 5.11. The summed E-state index contributed by atoms with van der Waals surface area (Å²) < 4.78 is 4.86. The van der Waals surface area contributed by atoms with Crippen LogP contribution in [0.2, 0.25) is 0 Å². The van der Waals surface area contributed by atoms with Gasteiger partial charge in [-0.25, -0.2) is 15.0 Å². The van der Waals surface area contributed by atoms with Gasteiger partial charge in [0.25, 0.3) is 0 Å². The van der Waals surface area contributed by atoms with Crippen molar-refractivity contribution in [1.82, 2.24) is 19.5 Å². The number of hydrogen-bond acceptors (Lipinski definition) is 4. The zero-order valence-electron chi connectivity index (χ0n) is 32.5. The maximum atomic E-state index is 5.36. The molecule has 0 saturated heterocycles. The van der Waals surface area contributed by atoms with Gasteiger partial charge in [-0.05, 0) is 69.8 Å². The van der Waals surface area contributed by atoms with Crippen LogP contribution in [0.3, 0.4) is 0 Å². The van der Waals surface area contributed by atoms with Crippen molar-refractivity contribution in [3.05, 3.63) is 193 Å². The molecule has 12 rings (SSSR count). The fourth-order valence-electron chi connectivity index (χ4n) is 9.53. The Balaban J connectivity index is 1.16. The molecule has 1 aliphatic rings. The second-order valence-electron chi connectivity index (χ2n) is 16.0. The molecule has 3 heterocycles. The van der Waals surface area contributed by atoms with E-state index in [1.54, 1.807) is 0 Å². The summed E-state index contributed by atoms with van der Waals surface area (Å²) in [5.41, 5.74) is 13.9. The van der Waals surface area contributed by atoms with Crippen molar-refractivity contribution in [2.24, 2.45) is 0 Å². The van der Waals surface area contributed by atoms with Gasteiger partial charge >= 0.3 is 0 Å². The van der Waals surface area contributed by atoms with E-state index in [-0.39, 0.29) is 5.41 Å². The van der Waals surface area contributed by atoms with Crippen LogP contribution in [0.25, 0.3) is 104 Å². The number of aromatic nitrogens is 4. The molecule has 0 amide bonds. The molecule has 0 radical (unpaired) electrons. The van der Waals surface area contributed by atoms with Crippen molar-refractivity contribution < 1.29 is 0 Å². The Morgan fingerprint density at radius 1 is 0.424 bits per heavy atom. The Labute approximate surface area is 345 Å². The summed E-state index contributed by atoms with van der Waals surface area (Å²) >= 11 is 1.81. The molecular formula is C54H36N4S. The summed E-state index contributed by atoms with van der Waals surface area (Å²) in [5, 5.41) is 4.77. The Bertz CT molecular complexity index is 3410. The van der Waals surface area contributed by atoms with E-state index in [0.29, 0.717) is 17.5 Å². The lowest BCUT2D eigenvalue weighted by molar-refractivity contribution is 0.660. The van der Waals surface area contributed by atoms with Crippen molar-refractivity contribution >= 4 is 53.3 Å². The lowest BCUT2D eigenvalue weighted by Crippen LogP contribution is -2.14. The summed E-state index contributed by atoms with van der Waals surface area (Å²) in [7, 11) is 0.